The molecule has 2 aromatic heterocycles. The molecule has 0 spiro atoms. The normalized spacial score (nSPS) is 21.8. The van der Waals surface area contributed by atoms with Crippen molar-refractivity contribution >= 4 is 5.91 Å². The Balaban J connectivity index is 1.54. The second-order valence-electron chi connectivity index (χ2n) is 7.24. The number of amides is 1. The number of rotatable bonds is 4. The molecule has 0 radical (unpaired) electrons. The van der Waals surface area contributed by atoms with Crippen molar-refractivity contribution in [1.29, 1.82) is 0 Å². The van der Waals surface area contributed by atoms with Gasteiger partial charge in [0.15, 0.2) is 5.69 Å². The van der Waals surface area contributed by atoms with E-state index in [2.05, 4.69) is 25.5 Å². The Morgan fingerprint density at radius 2 is 2.04 bits per heavy atom. The van der Waals surface area contributed by atoms with Crippen LogP contribution in [0.2, 0.25) is 0 Å². The first-order chi connectivity index (χ1) is 12.2. The molecule has 1 aliphatic carbocycles. The number of likely N-dealkylation sites (tertiary alicyclic amines) is 1. The Morgan fingerprint density at radius 3 is 2.80 bits per heavy atom. The van der Waals surface area contributed by atoms with Gasteiger partial charge in [-0.1, -0.05) is 18.1 Å². The van der Waals surface area contributed by atoms with Crippen LogP contribution in [-0.4, -0.2) is 47.5 Å². The summed E-state index contributed by atoms with van der Waals surface area (Å²) in [5, 5.41) is 15.3. The molecule has 2 fully saturated rings. The van der Waals surface area contributed by atoms with Gasteiger partial charge in [-0.2, -0.15) is 5.10 Å². The van der Waals surface area contributed by atoms with Gasteiger partial charge in [-0.25, -0.2) is 9.67 Å². The number of aromatic nitrogens is 6. The summed E-state index contributed by atoms with van der Waals surface area (Å²) < 4.78 is 1.91. The molecule has 4 rings (SSSR count). The molecule has 1 amide bonds. The topological polar surface area (TPSA) is 92.6 Å². The molecule has 8 nitrogen and oxygen atoms in total. The fourth-order valence-electron chi connectivity index (χ4n) is 4.14. The second-order valence-corrected chi connectivity index (χ2v) is 7.24. The molecule has 2 aromatic rings. The number of nitrogens with zero attached hydrogens (tertiary/aromatic N) is 6. The van der Waals surface area contributed by atoms with Crippen LogP contribution < -0.4 is 0 Å². The smallest absolute Gasteiger partial charge is 0.276 e. The molecule has 1 atom stereocenters. The lowest BCUT2D eigenvalue weighted by Gasteiger charge is -2.33. The Morgan fingerprint density at radius 1 is 1.24 bits per heavy atom. The fraction of sp³-hybridized carbons (Fsp3) is 0.706. The summed E-state index contributed by atoms with van der Waals surface area (Å²) in [6.07, 6.45) is 9.60. The van der Waals surface area contributed by atoms with Gasteiger partial charge < -0.3 is 4.90 Å². The highest BCUT2D eigenvalue weighted by atomic mass is 16.2. The van der Waals surface area contributed by atoms with Crippen LogP contribution in [0.5, 0.6) is 0 Å². The van der Waals surface area contributed by atoms with E-state index in [1.54, 1.807) is 0 Å². The number of hydrogen-bond donors (Lipinski definition) is 1. The van der Waals surface area contributed by atoms with Gasteiger partial charge in [0, 0.05) is 13.1 Å². The maximum absolute atomic E-state index is 13.1. The molecule has 0 bridgehead atoms. The summed E-state index contributed by atoms with van der Waals surface area (Å²) in [4.78, 5) is 19.3. The lowest BCUT2D eigenvalue weighted by molar-refractivity contribution is 0.0593. The van der Waals surface area contributed by atoms with Gasteiger partial charge in [-0.05, 0) is 44.9 Å². The van der Waals surface area contributed by atoms with Crippen molar-refractivity contribution in [1.82, 2.24) is 35.1 Å². The van der Waals surface area contributed by atoms with E-state index in [1.165, 1.54) is 32.0 Å². The minimum Gasteiger partial charge on any atom is -0.327 e. The number of carbonyl (C=O) groups excluding carboxylic acids is 1. The van der Waals surface area contributed by atoms with E-state index in [-0.39, 0.29) is 11.9 Å². The second kappa shape index (κ2) is 6.93. The van der Waals surface area contributed by atoms with E-state index < -0.39 is 0 Å². The fourth-order valence-corrected chi connectivity index (χ4v) is 4.14. The van der Waals surface area contributed by atoms with Gasteiger partial charge in [-0.3, -0.25) is 9.89 Å². The summed E-state index contributed by atoms with van der Waals surface area (Å²) in [6, 6.07) is -0.0527. The molecule has 8 heteroatoms. The molecule has 1 saturated heterocycles. The van der Waals surface area contributed by atoms with E-state index in [0.717, 1.165) is 43.9 Å². The lowest BCUT2D eigenvalue weighted by Crippen LogP contribution is -2.39. The van der Waals surface area contributed by atoms with Crippen LogP contribution in [0.1, 0.15) is 73.0 Å². The molecule has 1 aliphatic heterocycles. The number of piperidine rings is 1. The van der Waals surface area contributed by atoms with Crippen molar-refractivity contribution < 1.29 is 4.79 Å². The maximum atomic E-state index is 13.1. The van der Waals surface area contributed by atoms with Crippen molar-refractivity contribution in [3.8, 4) is 0 Å². The molecular weight excluding hydrogens is 318 g/mol. The zero-order valence-electron chi connectivity index (χ0n) is 14.7. The van der Waals surface area contributed by atoms with Crippen molar-refractivity contribution in [3.05, 3.63) is 23.5 Å². The third-order valence-corrected chi connectivity index (χ3v) is 5.60. The van der Waals surface area contributed by atoms with Crippen molar-refractivity contribution in [2.45, 2.75) is 64.5 Å². The molecule has 1 saturated carbocycles. The molecule has 2 aliphatic rings. The van der Waals surface area contributed by atoms with Gasteiger partial charge >= 0.3 is 0 Å². The third-order valence-electron chi connectivity index (χ3n) is 5.60. The number of H-pyrrole nitrogens is 1. The highest BCUT2D eigenvalue weighted by Gasteiger charge is 2.33. The quantitative estimate of drug-likeness (QED) is 0.919. The Bertz CT molecular complexity index is 717. The minimum atomic E-state index is -0.0527. The number of aromatic amines is 1. The summed E-state index contributed by atoms with van der Waals surface area (Å²) in [7, 11) is 0. The molecule has 134 valence electrons. The zero-order chi connectivity index (χ0) is 17.2. The Labute approximate surface area is 147 Å². The lowest BCUT2D eigenvalue weighted by atomic mass is 10.0. The highest BCUT2D eigenvalue weighted by molar-refractivity contribution is 5.93. The molecule has 1 N–H and O–H groups in total. The highest BCUT2D eigenvalue weighted by Crippen LogP contribution is 2.30. The third kappa shape index (κ3) is 3.17. The van der Waals surface area contributed by atoms with E-state index in [1.807, 2.05) is 16.5 Å². The molecular formula is C17H25N7O. The standard InChI is InChI=1S/C17H25N7O/c1-12-15(20-22-24(12)10-13-6-2-3-7-13)17(25)23-9-5-4-8-14(23)16-18-11-19-21-16/h11,13-14H,2-10H2,1H3,(H,18,19,21)/t14-/m1/s1. The number of carbonyl (C=O) groups is 1. The monoisotopic (exact) mass is 343 g/mol. The maximum Gasteiger partial charge on any atom is 0.276 e. The predicted octanol–water partition coefficient (Wildman–Crippen LogP) is 2.26. The van der Waals surface area contributed by atoms with Gasteiger partial charge in [-0.15, -0.1) is 5.10 Å². The number of hydrogen-bond acceptors (Lipinski definition) is 5. The average molecular weight is 343 g/mol. The Hall–Kier alpha value is -2.25. The van der Waals surface area contributed by atoms with Crippen molar-refractivity contribution in [3.63, 3.8) is 0 Å². The minimum absolute atomic E-state index is 0.0451. The van der Waals surface area contributed by atoms with Gasteiger partial charge in [0.25, 0.3) is 5.91 Å². The molecule has 0 aromatic carbocycles. The van der Waals surface area contributed by atoms with Crippen molar-refractivity contribution in [2.24, 2.45) is 5.92 Å². The van der Waals surface area contributed by atoms with Gasteiger partial charge in [0.2, 0.25) is 0 Å². The Kier molecular flexibility index (Phi) is 4.50. The van der Waals surface area contributed by atoms with Crippen LogP contribution in [0, 0.1) is 12.8 Å². The van der Waals surface area contributed by atoms with Gasteiger partial charge in [0.05, 0.1) is 11.7 Å². The summed E-state index contributed by atoms with van der Waals surface area (Å²) in [6.45, 7) is 3.55. The first-order valence-electron chi connectivity index (χ1n) is 9.30. The summed E-state index contributed by atoms with van der Waals surface area (Å²) in [5.41, 5.74) is 1.35. The van der Waals surface area contributed by atoms with Crippen LogP contribution >= 0.6 is 0 Å². The largest absolute Gasteiger partial charge is 0.327 e. The van der Waals surface area contributed by atoms with Crippen molar-refractivity contribution in [2.75, 3.05) is 6.54 Å². The predicted molar refractivity (Wildman–Crippen MR) is 90.7 cm³/mol. The van der Waals surface area contributed by atoms with Crippen LogP contribution in [0.25, 0.3) is 0 Å². The average Bonchev–Trinajstić information content (AvgIpc) is 3.38. The van der Waals surface area contributed by atoms with Gasteiger partial charge in [0.1, 0.15) is 12.2 Å². The SMILES string of the molecule is Cc1c(C(=O)N2CCCC[C@@H]2c2ncn[nH]2)nnn1CC1CCCC1. The summed E-state index contributed by atoms with van der Waals surface area (Å²) in [5.74, 6) is 1.38. The van der Waals surface area contributed by atoms with Crippen LogP contribution in [0.4, 0.5) is 0 Å². The molecule has 0 unspecified atom stereocenters. The first-order valence-corrected chi connectivity index (χ1v) is 9.30. The van der Waals surface area contributed by atoms with E-state index in [4.69, 9.17) is 0 Å². The summed E-state index contributed by atoms with van der Waals surface area (Å²) >= 11 is 0. The number of nitrogens with one attached hydrogen (secondary N) is 1. The molecule has 25 heavy (non-hydrogen) atoms. The van der Waals surface area contributed by atoms with Crippen LogP contribution in [0.3, 0.4) is 0 Å². The first kappa shape index (κ1) is 16.2. The molecule has 3 heterocycles. The van der Waals surface area contributed by atoms with E-state index in [0.29, 0.717) is 11.6 Å². The van der Waals surface area contributed by atoms with E-state index >= 15 is 0 Å². The van der Waals surface area contributed by atoms with Crippen LogP contribution in [0.15, 0.2) is 6.33 Å². The van der Waals surface area contributed by atoms with E-state index in [9.17, 15) is 4.79 Å². The zero-order valence-corrected chi connectivity index (χ0v) is 14.7. The van der Waals surface area contributed by atoms with Crippen LogP contribution in [-0.2, 0) is 6.54 Å².